The zero-order chi connectivity index (χ0) is 17.3. The van der Waals surface area contributed by atoms with Crippen LogP contribution in [0.5, 0.6) is 0 Å². The SMILES string of the molecule is CCCCCCCCCCCCOC(=O)C(N)CCC(=O)OC. The second kappa shape index (κ2) is 15.8. The number of hydrogen-bond acceptors (Lipinski definition) is 5. The van der Waals surface area contributed by atoms with E-state index in [0.717, 1.165) is 12.8 Å². The molecule has 0 fully saturated rings. The first-order valence-corrected chi connectivity index (χ1v) is 9.10. The highest BCUT2D eigenvalue weighted by atomic mass is 16.5. The molecule has 1 unspecified atom stereocenters. The summed E-state index contributed by atoms with van der Waals surface area (Å²) in [6.07, 6.45) is 12.8. The second-order valence-electron chi connectivity index (χ2n) is 6.07. The van der Waals surface area contributed by atoms with Crippen LogP contribution < -0.4 is 5.73 Å². The summed E-state index contributed by atoms with van der Waals surface area (Å²) < 4.78 is 9.63. The molecule has 0 bridgehead atoms. The fourth-order valence-corrected chi connectivity index (χ4v) is 2.36. The monoisotopic (exact) mass is 329 g/mol. The van der Waals surface area contributed by atoms with Crippen LogP contribution in [-0.2, 0) is 19.1 Å². The molecule has 1 atom stereocenters. The zero-order valence-corrected chi connectivity index (χ0v) is 15.0. The van der Waals surface area contributed by atoms with Crippen LogP contribution in [0.15, 0.2) is 0 Å². The molecule has 2 N–H and O–H groups in total. The van der Waals surface area contributed by atoms with Gasteiger partial charge in [0.2, 0.25) is 0 Å². The van der Waals surface area contributed by atoms with Gasteiger partial charge in [-0.15, -0.1) is 0 Å². The van der Waals surface area contributed by atoms with Crippen molar-refractivity contribution in [3.63, 3.8) is 0 Å². The molecular weight excluding hydrogens is 294 g/mol. The van der Waals surface area contributed by atoms with Crippen molar-refractivity contribution in [2.24, 2.45) is 5.73 Å². The predicted octanol–water partition coefficient (Wildman–Crippen LogP) is 3.73. The lowest BCUT2D eigenvalue weighted by molar-refractivity contribution is -0.146. The number of rotatable bonds is 15. The molecular formula is C18H35NO4. The van der Waals surface area contributed by atoms with E-state index in [2.05, 4.69) is 11.7 Å². The maximum Gasteiger partial charge on any atom is 0.322 e. The lowest BCUT2D eigenvalue weighted by atomic mass is 10.1. The molecule has 0 aliphatic carbocycles. The van der Waals surface area contributed by atoms with E-state index in [1.54, 1.807) is 0 Å². The van der Waals surface area contributed by atoms with Gasteiger partial charge in [0.15, 0.2) is 0 Å². The Labute approximate surface area is 141 Å². The van der Waals surface area contributed by atoms with Gasteiger partial charge < -0.3 is 15.2 Å². The summed E-state index contributed by atoms with van der Waals surface area (Å²) >= 11 is 0. The Bertz CT molecular complexity index is 307. The fraction of sp³-hybridized carbons (Fsp3) is 0.889. The first-order chi connectivity index (χ1) is 11.1. The number of carbonyl (C=O) groups is 2. The van der Waals surface area contributed by atoms with E-state index in [0.29, 0.717) is 6.61 Å². The molecule has 23 heavy (non-hydrogen) atoms. The summed E-state index contributed by atoms with van der Waals surface area (Å²) in [7, 11) is 1.32. The van der Waals surface area contributed by atoms with Crippen LogP contribution in [0.2, 0.25) is 0 Å². The first-order valence-electron chi connectivity index (χ1n) is 9.10. The van der Waals surface area contributed by atoms with Crippen molar-refractivity contribution >= 4 is 11.9 Å². The third-order valence-corrected chi connectivity index (χ3v) is 3.93. The molecule has 0 spiro atoms. The molecule has 5 nitrogen and oxygen atoms in total. The number of ether oxygens (including phenoxy) is 2. The van der Waals surface area contributed by atoms with Crippen LogP contribution in [0.3, 0.4) is 0 Å². The van der Waals surface area contributed by atoms with Crippen molar-refractivity contribution < 1.29 is 19.1 Å². The van der Waals surface area contributed by atoms with Crippen molar-refractivity contribution in [3.05, 3.63) is 0 Å². The zero-order valence-electron chi connectivity index (χ0n) is 15.0. The van der Waals surface area contributed by atoms with Crippen LogP contribution in [0.4, 0.5) is 0 Å². The molecule has 0 rings (SSSR count). The Balaban J connectivity index is 3.36. The summed E-state index contributed by atoms with van der Waals surface area (Å²) in [6.45, 7) is 2.65. The molecule has 0 aliphatic rings. The predicted molar refractivity (Wildman–Crippen MR) is 92.0 cm³/mol. The van der Waals surface area contributed by atoms with Crippen LogP contribution >= 0.6 is 0 Å². The topological polar surface area (TPSA) is 78.6 Å². The number of unbranched alkanes of at least 4 members (excludes halogenated alkanes) is 9. The average Bonchev–Trinajstić information content (AvgIpc) is 2.56. The van der Waals surface area contributed by atoms with Gasteiger partial charge in [0, 0.05) is 6.42 Å². The normalized spacial score (nSPS) is 12.0. The van der Waals surface area contributed by atoms with E-state index >= 15 is 0 Å². The van der Waals surface area contributed by atoms with Crippen molar-refractivity contribution in [2.75, 3.05) is 13.7 Å². The molecule has 0 saturated carbocycles. The van der Waals surface area contributed by atoms with E-state index < -0.39 is 12.0 Å². The van der Waals surface area contributed by atoms with Gasteiger partial charge in [-0.3, -0.25) is 9.59 Å². The number of hydrogen-bond donors (Lipinski definition) is 1. The van der Waals surface area contributed by atoms with Crippen LogP contribution in [0.1, 0.15) is 84.0 Å². The Kier molecular flexibility index (Phi) is 15.0. The number of carbonyl (C=O) groups excluding carboxylic acids is 2. The molecule has 0 radical (unpaired) electrons. The first kappa shape index (κ1) is 21.9. The Morgan fingerprint density at radius 1 is 0.913 bits per heavy atom. The highest BCUT2D eigenvalue weighted by Crippen LogP contribution is 2.10. The highest BCUT2D eigenvalue weighted by molar-refractivity contribution is 5.77. The Morgan fingerprint density at radius 3 is 1.96 bits per heavy atom. The summed E-state index contributed by atoms with van der Waals surface area (Å²) in [5.41, 5.74) is 5.67. The summed E-state index contributed by atoms with van der Waals surface area (Å²) in [6, 6.07) is -0.739. The average molecular weight is 329 g/mol. The quantitative estimate of drug-likeness (QED) is 0.366. The molecule has 0 aromatic rings. The van der Waals surface area contributed by atoms with Crippen molar-refractivity contribution in [1.29, 1.82) is 0 Å². The van der Waals surface area contributed by atoms with Crippen LogP contribution in [0, 0.1) is 0 Å². The van der Waals surface area contributed by atoms with Crippen LogP contribution in [-0.4, -0.2) is 31.7 Å². The Hall–Kier alpha value is -1.10. The van der Waals surface area contributed by atoms with E-state index in [9.17, 15) is 9.59 Å². The van der Waals surface area contributed by atoms with E-state index in [-0.39, 0.29) is 18.8 Å². The number of nitrogens with two attached hydrogens (primary N) is 1. The standard InChI is InChI=1S/C18H35NO4/c1-3-4-5-6-7-8-9-10-11-12-15-23-18(21)16(19)13-14-17(20)22-2/h16H,3-15,19H2,1-2H3. The van der Waals surface area contributed by atoms with E-state index in [4.69, 9.17) is 10.5 Å². The summed E-state index contributed by atoms with van der Waals surface area (Å²) in [5, 5.41) is 0. The summed E-state index contributed by atoms with van der Waals surface area (Å²) in [5.74, 6) is -0.784. The van der Waals surface area contributed by atoms with Gasteiger partial charge in [-0.25, -0.2) is 0 Å². The lowest BCUT2D eigenvalue weighted by Crippen LogP contribution is -2.33. The molecule has 0 aromatic carbocycles. The molecule has 136 valence electrons. The van der Waals surface area contributed by atoms with Gasteiger partial charge in [0.05, 0.1) is 13.7 Å². The third kappa shape index (κ3) is 14.2. The van der Waals surface area contributed by atoms with Gasteiger partial charge in [0.25, 0.3) is 0 Å². The molecule has 0 saturated heterocycles. The van der Waals surface area contributed by atoms with Crippen molar-refractivity contribution in [3.8, 4) is 0 Å². The number of methoxy groups -OCH3 is 1. The molecule has 0 amide bonds. The van der Waals surface area contributed by atoms with Crippen LogP contribution in [0.25, 0.3) is 0 Å². The largest absolute Gasteiger partial charge is 0.469 e. The molecule has 0 aliphatic heterocycles. The maximum atomic E-state index is 11.6. The second-order valence-corrected chi connectivity index (χ2v) is 6.07. The minimum absolute atomic E-state index is 0.144. The third-order valence-electron chi connectivity index (χ3n) is 3.93. The minimum Gasteiger partial charge on any atom is -0.469 e. The minimum atomic E-state index is -0.739. The number of esters is 2. The molecule has 5 heteroatoms. The Morgan fingerprint density at radius 2 is 1.43 bits per heavy atom. The van der Waals surface area contributed by atoms with E-state index in [1.807, 2.05) is 0 Å². The van der Waals surface area contributed by atoms with Crippen molar-refractivity contribution in [1.82, 2.24) is 0 Å². The van der Waals surface area contributed by atoms with Gasteiger partial charge in [-0.2, -0.15) is 0 Å². The molecule has 0 heterocycles. The highest BCUT2D eigenvalue weighted by Gasteiger charge is 2.16. The maximum absolute atomic E-state index is 11.6. The smallest absolute Gasteiger partial charge is 0.322 e. The molecule has 0 aromatic heterocycles. The fourth-order valence-electron chi connectivity index (χ4n) is 2.36. The summed E-state index contributed by atoms with van der Waals surface area (Å²) in [4.78, 5) is 22.6. The van der Waals surface area contributed by atoms with Gasteiger partial charge in [0.1, 0.15) is 6.04 Å². The van der Waals surface area contributed by atoms with E-state index in [1.165, 1.54) is 58.5 Å². The van der Waals surface area contributed by atoms with Gasteiger partial charge in [-0.1, -0.05) is 64.7 Å². The lowest BCUT2D eigenvalue weighted by Gasteiger charge is -2.10. The van der Waals surface area contributed by atoms with Gasteiger partial charge >= 0.3 is 11.9 Å². The van der Waals surface area contributed by atoms with Gasteiger partial charge in [-0.05, 0) is 12.8 Å². The van der Waals surface area contributed by atoms with Crippen molar-refractivity contribution in [2.45, 2.75) is 90.0 Å².